The Balaban J connectivity index is 3.69. The van der Waals surface area contributed by atoms with E-state index in [-0.39, 0.29) is 0 Å². The normalized spacial score (nSPS) is 11.6. The van der Waals surface area contributed by atoms with Gasteiger partial charge in [0, 0.05) is 0 Å². The molecule has 0 bridgehead atoms. The van der Waals surface area contributed by atoms with Gasteiger partial charge in [-0.15, -0.1) is 0 Å². The van der Waals surface area contributed by atoms with Crippen LogP contribution in [-0.2, 0) is 4.79 Å². The minimum absolute atomic E-state index is 0.903. The first-order chi connectivity index (χ1) is 5.35. The molecule has 0 N–H and O–H groups in total. The number of carbonyl (C=O) groups is 1. The van der Waals surface area contributed by atoms with Crippen LogP contribution in [0.4, 0.5) is 0 Å². The van der Waals surface area contributed by atoms with Crippen LogP contribution in [0.2, 0.25) is 0 Å². The van der Waals surface area contributed by atoms with Gasteiger partial charge in [-0.05, 0) is 25.3 Å². The average Bonchev–Trinajstić information content (AvgIpc) is 2.01. The number of allylic oxidation sites excluding steroid dienone is 2. The third kappa shape index (κ3) is 5.84. The zero-order valence-corrected chi connectivity index (χ0v) is 7.60. The molecule has 0 amide bonds. The summed E-state index contributed by atoms with van der Waals surface area (Å²) in [7, 11) is 0. The van der Waals surface area contributed by atoms with E-state index in [4.69, 9.17) is 0 Å². The van der Waals surface area contributed by atoms with E-state index in [9.17, 15) is 4.79 Å². The topological polar surface area (TPSA) is 17.1 Å². The lowest BCUT2D eigenvalue weighted by atomic mass is 10.0. The Kier molecular flexibility index (Phi) is 7.11. The molecule has 0 rings (SSSR count). The second-order valence-corrected chi connectivity index (χ2v) is 2.81. The van der Waals surface area contributed by atoms with Gasteiger partial charge >= 0.3 is 0 Å². The van der Waals surface area contributed by atoms with Crippen molar-refractivity contribution in [2.24, 2.45) is 0 Å². The molecule has 1 heteroatoms. The quantitative estimate of drug-likeness (QED) is 0.424. The molecule has 0 aromatic heterocycles. The second kappa shape index (κ2) is 7.52. The lowest BCUT2D eigenvalue weighted by Crippen LogP contribution is -1.84. The summed E-state index contributed by atoms with van der Waals surface area (Å²) < 4.78 is 0. The van der Waals surface area contributed by atoms with Crippen molar-refractivity contribution >= 4 is 6.29 Å². The lowest BCUT2D eigenvalue weighted by Gasteiger charge is -2.01. The SMILES string of the molecule is CCCCC(=CC=O)CCC. The van der Waals surface area contributed by atoms with Crippen molar-refractivity contribution in [2.45, 2.75) is 46.0 Å². The fourth-order valence-corrected chi connectivity index (χ4v) is 1.11. The first-order valence-electron chi connectivity index (χ1n) is 4.48. The highest BCUT2D eigenvalue weighted by atomic mass is 16.1. The lowest BCUT2D eigenvalue weighted by molar-refractivity contribution is -0.104. The van der Waals surface area contributed by atoms with Crippen molar-refractivity contribution in [1.29, 1.82) is 0 Å². The molecule has 64 valence electrons. The zero-order chi connectivity index (χ0) is 8.53. The summed E-state index contributed by atoms with van der Waals surface area (Å²) in [6.07, 6.45) is 8.37. The Morgan fingerprint density at radius 2 is 1.91 bits per heavy atom. The summed E-state index contributed by atoms with van der Waals surface area (Å²) in [6, 6.07) is 0. The van der Waals surface area contributed by atoms with E-state index in [1.54, 1.807) is 6.08 Å². The van der Waals surface area contributed by atoms with Gasteiger partial charge in [-0.1, -0.05) is 32.3 Å². The molecular weight excluding hydrogens is 136 g/mol. The predicted molar refractivity (Wildman–Crippen MR) is 48.6 cm³/mol. The van der Waals surface area contributed by atoms with Gasteiger partial charge in [0.15, 0.2) is 0 Å². The maximum absolute atomic E-state index is 10.2. The second-order valence-electron chi connectivity index (χ2n) is 2.81. The fourth-order valence-electron chi connectivity index (χ4n) is 1.11. The van der Waals surface area contributed by atoms with Crippen molar-refractivity contribution < 1.29 is 4.79 Å². The molecule has 0 saturated heterocycles. The summed E-state index contributed by atoms with van der Waals surface area (Å²) in [6.45, 7) is 4.31. The van der Waals surface area contributed by atoms with Crippen molar-refractivity contribution in [3.63, 3.8) is 0 Å². The van der Waals surface area contributed by atoms with Gasteiger partial charge in [0.05, 0.1) is 0 Å². The number of hydrogen-bond acceptors (Lipinski definition) is 1. The molecule has 0 saturated carbocycles. The maximum Gasteiger partial charge on any atom is 0.142 e. The Labute approximate surface area is 69.5 Å². The Bertz CT molecular complexity index is 125. The smallest absolute Gasteiger partial charge is 0.142 e. The van der Waals surface area contributed by atoms with Gasteiger partial charge in [-0.2, -0.15) is 0 Å². The van der Waals surface area contributed by atoms with E-state index in [0.717, 1.165) is 25.5 Å². The third-order valence-corrected chi connectivity index (χ3v) is 1.73. The van der Waals surface area contributed by atoms with Crippen LogP contribution in [0.1, 0.15) is 46.0 Å². The minimum Gasteiger partial charge on any atom is -0.299 e. The highest BCUT2D eigenvalue weighted by Crippen LogP contribution is 2.12. The molecule has 11 heavy (non-hydrogen) atoms. The molecule has 0 atom stereocenters. The monoisotopic (exact) mass is 154 g/mol. The van der Waals surface area contributed by atoms with E-state index in [1.807, 2.05) is 0 Å². The molecule has 0 unspecified atom stereocenters. The van der Waals surface area contributed by atoms with E-state index >= 15 is 0 Å². The largest absolute Gasteiger partial charge is 0.299 e. The summed E-state index contributed by atoms with van der Waals surface area (Å²) in [5.41, 5.74) is 1.31. The maximum atomic E-state index is 10.2. The van der Waals surface area contributed by atoms with E-state index < -0.39 is 0 Å². The standard InChI is InChI=1S/C10H18O/c1-3-5-7-10(6-4-2)8-9-11/h8-9H,3-7H2,1-2H3. The van der Waals surface area contributed by atoms with Crippen LogP contribution in [0.25, 0.3) is 0 Å². The van der Waals surface area contributed by atoms with Crippen LogP contribution in [0.5, 0.6) is 0 Å². The number of aldehydes is 1. The molecule has 0 heterocycles. The van der Waals surface area contributed by atoms with Gasteiger partial charge in [-0.25, -0.2) is 0 Å². The van der Waals surface area contributed by atoms with Gasteiger partial charge < -0.3 is 0 Å². The molecule has 0 fully saturated rings. The first kappa shape index (κ1) is 10.4. The summed E-state index contributed by atoms with van der Waals surface area (Å²) in [5, 5.41) is 0. The fraction of sp³-hybridized carbons (Fsp3) is 0.700. The molecule has 0 aromatic rings. The van der Waals surface area contributed by atoms with Crippen LogP contribution in [0.3, 0.4) is 0 Å². The highest BCUT2D eigenvalue weighted by molar-refractivity contribution is 5.66. The van der Waals surface area contributed by atoms with Crippen LogP contribution in [-0.4, -0.2) is 6.29 Å². The predicted octanol–water partition coefficient (Wildman–Crippen LogP) is 3.10. The third-order valence-electron chi connectivity index (χ3n) is 1.73. The van der Waals surface area contributed by atoms with E-state index in [2.05, 4.69) is 13.8 Å². The zero-order valence-electron chi connectivity index (χ0n) is 7.60. The van der Waals surface area contributed by atoms with Gasteiger partial charge in [0.25, 0.3) is 0 Å². The number of rotatable bonds is 6. The first-order valence-corrected chi connectivity index (χ1v) is 4.48. The van der Waals surface area contributed by atoms with Crippen LogP contribution in [0, 0.1) is 0 Å². The Morgan fingerprint density at radius 1 is 1.18 bits per heavy atom. The van der Waals surface area contributed by atoms with Gasteiger partial charge in [0.2, 0.25) is 0 Å². The van der Waals surface area contributed by atoms with Crippen molar-refractivity contribution in [1.82, 2.24) is 0 Å². The Morgan fingerprint density at radius 3 is 2.36 bits per heavy atom. The minimum atomic E-state index is 0.903. The van der Waals surface area contributed by atoms with Gasteiger partial charge in [0.1, 0.15) is 6.29 Å². The Hall–Kier alpha value is -0.590. The van der Waals surface area contributed by atoms with E-state index in [0.29, 0.717) is 0 Å². The van der Waals surface area contributed by atoms with Crippen LogP contribution in [0.15, 0.2) is 11.6 Å². The van der Waals surface area contributed by atoms with E-state index in [1.165, 1.54) is 18.4 Å². The molecule has 0 aliphatic heterocycles. The molecule has 0 radical (unpaired) electrons. The van der Waals surface area contributed by atoms with Gasteiger partial charge in [-0.3, -0.25) is 4.79 Å². The van der Waals surface area contributed by atoms with Crippen LogP contribution >= 0.6 is 0 Å². The number of hydrogen-bond donors (Lipinski definition) is 0. The molecule has 0 aromatic carbocycles. The number of carbonyl (C=O) groups excluding carboxylic acids is 1. The highest BCUT2D eigenvalue weighted by Gasteiger charge is 1.93. The summed E-state index contributed by atoms with van der Waals surface area (Å²) in [5.74, 6) is 0. The van der Waals surface area contributed by atoms with Crippen LogP contribution < -0.4 is 0 Å². The average molecular weight is 154 g/mol. The van der Waals surface area contributed by atoms with Crippen molar-refractivity contribution in [3.8, 4) is 0 Å². The molecule has 0 aliphatic rings. The molecule has 0 spiro atoms. The van der Waals surface area contributed by atoms with Crippen molar-refractivity contribution in [3.05, 3.63) is 11.6 Å². The van der Waals surface area contributed by atoms with Crippen molar-refractivity contribution in [2.75, 3.05) is 0 Å². The molecular formula is C10H18O. The number of unbranched alkanes of at least 4 members (excludes halogenated alkanes) is 1. The molecule has 1 nitrogen and oxygen atoms in total. The summed E-state index contributed by atoms with van der Waals surface area (Å²) in [4.78, 5) is 10.2. The molecule has 0 aliphatic carbocycles. The summed E-state index contributed by atoms with van der Waals surface area (Å²) >= 11 is 0.